The molecule has 0 spiro atoms. The van der Waals surface area contributed by atoms with E-state index in [1.54, 1.807) is 0 Å². The fourth-order valence-electron chi connectivity index (χ4n) is 2.37. The van der Waals surface area contributed by atoms with Gasteiger partial charge in [0.25, 0.3) is 10.1 Å². The lowest BCUT2D eigenvalue weighted by atomic mass is 10.1. The van der Waals surface area contributed by atoms with E-state index in [1.807, 2.05) is 0 Å². The third-order valence-corrected chi connectivity index (χ3v) is 4.44. The maximum atomic E-state index is 11.3. The van der Waals surface area contributed by atoms with Crippen molar-refractivity contribution in [3.63, 3.8) is 0 Å². The number of unbranched alkanes of at least 4 members (excludes halogenated alkanes) is 5. The van der Waals surface area contributed by atoms with E-state index in [4.69, 9.17) is 0 Å². The monoisotopic (exact) mass is 355 g/mol. The fraction of sp³-hybridized carbons (Fsp3) is 1.00. The van der Waals surface area contributed by atoms with Crippen LogP contribution in [0.15, 0.2) is 0 Å². The Balaban J connectivity index is 0. The van der Waals surface area contributed by atoms with Gasteiger partial charge in [-0.2, -0.15) is 8.42 Å². The molecular weight excluding hydrogens is 317 g/mol. The van der Waals surface area contributed by atoms with Crippen LogP contribution in [0.1, 0.15) is 85.5 Å². The molecule has 0 N–H and O–H groups in total. The molecule has 0 bridgehead atoms. The fourth-order valence-corrected chi connectivity index (χ4v) is 3.00. The van der Waals surface area contributed by atoms with E-state index >= 15 is 0 Å². The molecule has 0 aliphatic heterocycles. The van der Waals surface area contributed by atoms with Gasteiger partial charge in [-0.15, -0.1) is 0 Å². The van der Waals surface area contributed by atoms with Crippen molar-refractivity contribution in [3.05, 3.63) is 0 Å². The van der Waals surface area contributed by atoms with Gasteiger partial charge in [0.2, 0.25) is 0 Å². The van der Waals surface area contributed by atoms with Gasteiger partial charge in [-0.25, -0.2) is 0 Å². The maximum Gasteiger partial charge on any atom is 0.297 e. The Hall–Kier alpha value is -0.200. The summed E-state index contributed by atoms with van der Waals surface area (Å²) in [4.78, 5) is 2.54. The van der Waals surface area contributed by atoms with Gasteiger partial charge in [-0.1, -0.05) is 64.2 Å². The Kier molecular flexibility index (Phi) is 19.8. The number of hydrogen-bond acceptors (Lipinski definition) is 4. The smallest absolute Gasteiger partial charge is 0.297 e. The lowest BCUT2D eigenvalue weighted by molar-refractivity contribution is 0.00288. The average molecular weight is 356 g/mol. The SMILES string of the molecule is CCCCCCCCS(=O)(=O)OF.CCCN(CCC)CCC. The van der Waals surface area contributed by atoms with Gasteiger partial charge in [0.05, 0.1) is 5.75 Å². The second-order valence-electron chi connectivity index (χ2n) is 5.93. The topological polar surface area (TPSA) is 46.6 Å². The van der Waals surface area contributed by atoms with Gasteiger partial charge in [0.15, 0.2) is 0 Å². The normalized spacial score (nSPS) is 11.4. The molecule has 4 nitrogen and oxygen atoms in total. The summed E-state index contributed by atoms with van der Waals surface area (Å²) in [5.74, 6) is -0.213. The predicted molar refractivity (Wildman–Crippen MR) is 96.7 cm³/mol. The van der Waals surface area contributed by atoms with Crippen molar-refractivity contribution in [3.8, 4) is 0 Å². The summed E-state index contributed by atoms with van der Waals surface area (Å²) in [6.45, 7) is 12.7. The lowest BCUT2D eigenvalue weighted by Crippen LogP contribution is -2.25. The Morgan fingerprint density at radius 1 is 0.739 bits per heavy atom. The predicted octanol–water partition coefficient (Wildman–Crippen LogP) is 5.10. The summed E-state index contributed by atoms with van der Waals surface area (Å²) in [7, 11) is -3.88. The second-order valence-corrected chi connectivity index (χ2v) is 7.58. The number of hydrogen-bond donors (Lipinski definition) is 0. The molecule has 0 aliphatic carbocycles. The first-order chi connectivity index (χ1) is 11.0. The Morgan fingerprint density at radius 3 is 1.57 bits per heavy atom. The van der Waals surface area contributed by atoms with Crippen LogP contribution >= 0.6 is 0 Å². The van der Waals surface area contributed by atoms with E-state index in [0.29, 0.717) is 6.42 Å². The molecule has 142 valence electrons. The van der Waals surface area contributed by atoms with E-state index < -0.39 is 10.1 Å². The molecular formula is C17H38FNO3S. The Morgan fingerprint density at radius 2 is 1.17 bits per heavy atom. The molecule has 0 aromatic carbocycles. The van der Waals surface area contributed by atoms with Crippen molar-refractivity contribution >= 4 is 10.1 Å². The number of rotatable bonds is 14. The highest BCUT2D eigenvalue weighted by Gasteiger charge is 2.09. The molecule has 0 atom stereocenters. The number of halogens is 1. The van der Waals surface area contributed by atoms with E-state index in [9.17, 15) is 12.9 Å². The van der Waals surface area contributed by atoms with Crippen LogP contribution in [0.25, 0.3) is 0 Å². The van der Waals surface area contributed by atoms with Crippen molar-refractivity contribution in [2.24, 2.45) is 0 Å². The molecule has 0 heterocycles. The highest BCUT2D eigenvalue weighted by molar-refractivity contribution is 7.86. The van der Waals surface area contributed by atoms with Crippen LogP contribution in [-0.2, 0) is 14.5 Å². The van der Waals surface area contributed by atoms with Crippen molar-refractivity contribution in [1.29, 1.82) is 0 Å². The Labute approximate surface area is 143 Å². The summed E-state index contributed by atoms with van der Waals surface area (Å²) in [5, 5.41) is 0. The average Bonchev–Trinajstić information content (AvgIpc) is 2.52. The van der Waals surface area contributed by atoms with Crippen LogP contribution in [-0.4, -0.2) is 38.7 Å². The van der Waals surface area contributed by atoms with Gasteiger partial charge in [-0.05, 0) is 49.8 Å². The van der Waals surface area contributed by atoms with E-state index in [0.717, 1.165) is 25.7 Å². The molecule has 0 aliphatic rings. The van der Waals surface area contributed by atoms with Crippen molar-refractivity contribution < 1.29 is 17.3 Å². The zero-order valence-electron chi connectivity index (χ0n) is 15.7. The van der Waals surface area contributed by atoms with Crippen LogP contribution in [0.5, 0.6) is 0 Å². The van der Waals surface area contributed by atoms with Crippen molar-refractivity contribution in [2.45, 2.75) is 85.5 Å². The highest BCUT2D eigenvalue weighted by Crippen LogP contribution is 2.07. The van der Waals surface area contributed by atoms with Crippen LogP contribution < -0.4 is 0 Å². The third kappa shape index (κ3) is 19.8. The number of nitrogens with zero attached hydrogens (tertiary/aromatic N) is 1. The molecule has 0 aromatic heterocycles. The quantitative estimate of drug-likeness (QED) is 0.407. The molecule has 6 heteroatoms. The van der Waals surface area contributed by atoms with Crippen molar-refractivity contribution in [2.75, 3.05) is 25.4 Å². The van der Waals surface area contributed by atoms with E-state index in [2.05, 4.69) is 37.0 Å². The Bertz CT molecular complexity index is 310. The zero-order chi connectivity index (χ0) is 18.0. The van der Waals surface area contributed by atoms with Crippen LogP contribution in [0.3, 0.4) is 0 Å². The van der Waals surface area contributed by atoms with Crippen LogP contribution in [0.4, 0.5) is 4.53 Å². The molecule has 0 rings (SSSR count). The van der Waals surface area contributed by atoms with Gasteiger partial charge in [0, 0.05) is 0 Å². The molecule has 0 unspecified atom stereocenters. The van der Waals surface area contributed by atoms with Crippen LogP contribution in [0.2, 0.25) is 0 Å². The van der Waals surface area contributed by atoms with Gasteiger partial charge in [0.1, 0.15) is 0 Å². The van der Waals surface area contributed by atoms with Gasteiger partial charge in [-0.3, -0.25) is 0 Å². The zero-order valence-corrected chi connectivity index (χ0v) is 16.5. The molecule has 0 amide bonds. The largest absolute Gasteiger partial charge is 0.303 e. The third-order valence-electron chi connectivity index (χ3n) is 3.46. The standard InChI is InChI=1S/C9H21N.C8H17FO3S/c1-4-7-10(8-5-2)9-6-3;1-2-3-4-5-6-7-8-13(10,11)12-9/h4-9H2,1-3H3;2-8H2,1H3. The molecule has 0 radical (unpaired) electrons. The summed E-state index contributed by atoms with van der Waals surface area (Å²) < 4.78 is 35.1. The second kappa shape index (κ2) is 18.1. The first-order valence-corrected chi connectivity index (χ1v) is 10.8. The van der Waals surface area contributed by atoms with Gasteiger partial charge < -0.3 is 4.90 Å². The minimum Gasteiger partial charge on any atom is -0.303 e. The van der Waals surface area contributed by atoms with Crippen molar-refractivity contribution in [1.82, 2.24) is 4.90 Å². The first kappa shape index (κ1) is 25.0. The maximum absolute atomic E-state index is 11.3. The van der Waals surface area contributed by atoms with E-state index in [1.165, 1.54) is 45.3 Å². The first-order valence-electron chi connectivity index (χ1n) is 9.22. The van der Waals surface area contributed by atoms with Gasteiger partial charge >= 0.3 is 0 Å². The van der Waals surface area contributed by atoms with Crippen LogP contribution in [0, 0.1) is 0 Å². The summed E-state index contributed by atoms with van der Waals surface area (Å²) in [6, 6.07) is 0. The molecule has 0 saturated heterocycles. The lowest BCUT2D eigenvalue weighted by Gasteiger charge is -2.19. The molecule has 0 fully saturated rings. The van der Waals surface area contributed by atoms with E-state index in [-0.39, 0.29) is 5.75 Å². The minimum absolute atomic E-state index is 0.213. The summed E-state index contributed by atoms with van der Waals surface area (Å²) in [6.07, 6.45) is 9.64. The summed E-state index contributed by atoms with van der Waals surface area (Å²) in [5.41, 5.74) is 0. The molecule has 0 aromatic rings. The molecule has 0 saturated carbocycles. The minimum atomic E-state index is -3.88. The molecule has 23 heavy (non-hydrogen) atoms. The highest BCUT2D eigenvalue weighted by atomic mass is 32.2. The summed E-state index contributed by atoms with van der Waals surface area (Å²) >= 11 is 0.